The molecule has 2 heterocycles. The first kappa shape index (κ1) is 9.55. The monoisotopic (exact) mass is 320 g/mol. The third-order valence-corrected chi connectivity index (χ3v) is 4.33. The topological polar surface area (TPSA) is 25.8 Å². The smallest absolute Gasteiger partial charge is 0.115 e. The summed E-state index contributed by atoms with van der Waals surface area (Å²) in [6.45, 7) is 3.94. The normalized spacial score (nSPS) is 11.1. The Bertz CT molecular complexity index is 436. The molecule has 0 saturated heterocycles. The lowest BCUT2D eigenvalue weighted by atomic mass is 10.3. The molecule has 2 rings (SSSR count). The van der Waals surface area contributed by atoms with Gasteiger partial charge in [-0.15, -0.1) is 11.3 Å². The molecule has 0 atom stereocenters. The van der Waals surface area contributed by atoms with E-state index in [1.54, 1.807) is 11.3 Å². The maximum Gasteiger partial charge on any atom is 0.115 e. The summed E-state index contributed by atoms with van der Waals surface area (Å²) in [5, 5.41) is 0. The standard InChI is InChI=1S/C8H6Br2N2S/c1-3-4(2)12-6-5(11-3)7(9)13-8(6)10/h1-2H3. The molecule has 0 aliphatic heterocycles. The molecule has 2 aromatic heterocycles. The second kappa shape index (κ2) is 3.29. The molecule has 5 heteroatoms. The van der Waals surface area contributed by atoms with Crippen molar-refractivity contribution in [2.45, 2.75) is 13.8 Å². The lowest BCUT2D eigenvalue weighted by molar-refractivity contribution is 1.10. The van der Waals surface area contributed by atoms with Crippen LogP contribution in [-0.2, 0) is 0 Å². The van der Waals surface area contributed by atoms with Gasteiger partial charge in [-0.2, -0.15) is 0 Å². The highest BCUT2D eigenvalue weighted by atomic mass is 79.9. The van der Waals surface area contributed by atoms with E-state index in [1.165, 1.54) is 0 Å². The molecule has 0 spiro atoms. The van der Waals surface area contributed by atoms with E-state index in [0.29, 0.717) is 0 Å². The molecule has 0 aliphatic carbocycles. The van der Waals surface area contributed by atoms with Crippen LogP contribution in [0.4, 0.5) is 0 Å². The minimum Gasteiger partial charge on any atom is -0.247 e. The zero-order chi connectivity index (χ0) is 9.59. The average Bonchev–Trinajstić information content (AvgIpc) is 2.31. The van der Waals surface area contributed by atoms with Gasteiger partial charge < -0.3 is 0 Å². The highest BCUT2D eigenvalue weighted by molar-refractivity contribution is 9.12. The van der Waals surface area contributed by atoms with Crippen molar-refractivity contribution < 1.29 is 0 Å². The largest absolute Gasteiger partial charge is 0.247 e. The van der Waals surface area contributed by atoms with Crippen LogP contribution in [0.3, 0.4) is 0 Å². The van der Waals surface area contributed by atoms with Crippen molar-refractivity contribution in [1.29, 1.82) is 0 Å². The van der Waals surface area contributed by atoms with E-state index >= 15 is 0 Å². The molecule has 2 aromatic rings. The molecule has 13 heavy (non-hydrogen) atoms. The third-order valence-electron chi connectivity index (χ3n) is 1.86. The molecule has 0 radical (unpaired) electrons. The summed E-state index contributed by atoms with van der Waals surface area (Å²) in [6, 6.07) is 0. The quantitative estimate of drug-likeness (QED) is 0.737. The van der Waals surface area contributed by atoms with Crippen LogP contribution in [0.25, 0.3) is 11.0 Å². The first-order valence-corrected chi connectivity index (χ1v) is 6.08. The van der Waals surface area contributed by atoms with Crippen LogP contribution in [0.2, 0.25) is 0 Å². The van der Waals surface area contributed by atoms with Crippen LogP contribution in [0.5, 0.6) is 0 Å². The van der Waals surface area contributed by atoms with E-state index in [1.807, 2.05) is 13.8 Å². The van der Waals surface area contributed by atoms with Gasteiger partial charge in [-0.25, -0.2) is 9.97 Å². The summed E-state index contributed by atoms with van der Waals surface area (Å²) in [7, 11) is 0. The second-order valence-corrected chi connectivity index (χ2v) is 6.40. The van der Waals surface area contributed by atoms with Crippen LogP contribution in [0.15, 0.2) is 7.57 Å². The maximum atomic E-state index is 4.47. The zero-order valence-corrected chi connectivity index (χ0v) is 11.0. The van der Waals surface area contributed by atoms with Crippen molar-refractivity contribution in [1.82, 2.24) is 9.97 Å². The number of aromatic nitrogens is 2. The van der Waals surface area contributed by atoms with Crippen LogP contribution in [-0.4, -0.2) is 9.97 Å². The van der Waals surface area contributed by atoms with Crippen LogP contribution in [0.1, 0.15) is 11.4 Å². The highest BCUT2D eigenvalue weighted by Gasteiger charge is 2.11. The zero-order valence-electron chi connectivity index (χ0n) is 7.06. The predicted octanol–water partition coefficient (Wildman–Crippen LogP) is 3.83. The molecule has 2 nitrogen and oxygen atoms in total. The summed E-state index contributed by atoms with van der Waals surface area (Å²) in [5.41, 5.74) is 3.86. The molecule has 0 aliphatic rings. The first-order chi connectivity index (χ1) is 6.09. The van der Waals surface area contributed by atoms with Gasteiger partial charge in [0.15, 0.2) is 0 Å². The van der Waals surface area contributed by atoms with Crippen LogP contribution in [0, 0.1) is 13.8 Å². The fourth-order valence-electron chi connectivity index (χ4n) is 1.05. The Labute approximate surface area is 96.7 Å². The number of hydrogen-bond donors (Lipinski definition) is 0. The summed E-state index contributed by atoms with van der Waals surface area (Å²) in [5.74, 6) is 0. The van der Waals surface area contributed by atoms with Gasteiger partial charge in [-0.05, 0) is 45.7 Å². The number of nitrogens with zero attached hydrogens (tertiary/aromatic N) is 2. The van der Waals surface area contributed by atoms with Gasteiger partial charge >= 0.3 is 0 Å². The number of halogens is 2. The van der Waals surface area contributed by atoms with E-state index < -0.39 is 0 Å². The van der Waals surface area contributed by atoms with Gasteiger partial charge in [0.05, 0.1) is 19.0 Å². The van der Waals surface area contributed by atoms with Crippen LogP contribution >= 0.6 is 43.2 Å². The highest BCUT2D eigenvalue weighted by Crippen LogP contribution is 2.37. The number of hydrogen-bond acceptors (Lipinski definition) is 3. The minimum absolute atomic E-state index is 0.944. The molecular formula is C8H6Br2N2S. The molecule has 0 N–H and O–H groups in total. The van der Waals surface area contributed by atoms with Crippen molar-refractivity contribution in [2.75, 3.05) is 0 Å². The fourth-order valence-corrected chi connectivity index (χ4v) is 3.86. The van der Waals surface area contributed by atoms with E-state index in [2.05, 4.69) is 41.8 Å². The molecule has 0 bridgehead atoms. The van der Waals surface area contributed by atoms with Gasteiger partial charge in [-0.1, -0.05) is 0 Å². The summed E-state index contributed by atoms with van der Waals surface area (Å²) in [4.78, 5) is 8.93. The van der Waals surface area contributed by atoms with Gasteiger partial charge in [0, 0.05) is 0 Å². The number of fused-ring (bicyclic) bond motifs is 1. The Hall–Kier alpha value is -0.000000000000000167. The van der Waals surface area contributed by atoms with Crippen molar-refractivity contribution in [3.8, 4) is 0 Å². The summed E-state index contributed by atoms with van der Waals surface area (Å²) in [6.07, 6.45) is 0. The molecule has 0 unspecified atom stereocenters. The fraction of sp³-hybridized carbons (Fsp3) is 0.250. The van der Waals surface area contributed by atoms with Crippen molar-refractivity contribution in [3.05, 3.63) is 19.0 Å². The Morgan fingerprint density at radius 2 is 1.31 bits per heavy atom. The summed E-state index contributed by atoms with van der Waals surface area (Å²) >= 11 is 8.53. The predicted molar refractivity (Wildman–Crippen MR) is 62.3 cm³/mol. The number of rotatable bonds is 0. The first-order valence-electron chi connectivity index (χ1n) is 3.68. The molecule has 0 fully saturated rings. The Morgan fingerprint density at radius 3 is 1.69 bits per heavy atom. The molecule has 68 valence electrons. The maximum absolute atomic E-state index is 4.47. The minimum atomic E-state index is 0.944. The van der Waals surface area contributed by atoms with E-state index in [4.69, 9.17) is 0 Å². The van der Waals surface area contributed by atoms with Crippen molar-refractivity contribution in [2.24, 2.45) is 0 Å². The molecular weight excluding hydrogens is 316 g/mol. The second-order valence-electron chi connectivity index (χ2n) is 2.74. The number of aryl methyl sites for hydroxylation is 2. The number of thiophene rings is 1. The van der Waals surface area contributed by atoms with E-state index in [0.717, 1.165) is 30.0 Å². The van der Waals surface area contributed by atoms with E-state index in [9.17, 15) is 0 Å². The Kier molecular flexibility index (Phi) is 2.42. The van der Waals surface area contributed by atoms with Gasteiger partial charge in [0.25, 0.3) is 0 Å². The molecule has 0 aromatic carbocycles. The van der Waals surface area contributed by atoms with Crippen LogP contribution < -0.4 is 0 Å². The van der Waals surface area contributed by atoms with E-state index in [-0.39, 0.29) is 0 Å². The SMILES string of the molecule is Cc1nc2c(Br)sc(Br)c2nc1C. The average molecular weight is 322 g/mol. The lowest BCUT2D eigenvalue weighted by Gasteiger charge is -1.97. The Morgan fingerprint density at radius 1 is 0.923 bits per heavy atom. The lowest BCUT2D eigenvalue weighted by Crippen LogP contribution is -1.91. The Balaban J connectivity index is 2.91. The van der Waals surface area contributed by atoms with Crippen molar-refractivity contribution >= 4 is 54.2 Å². The van der Waals surface area contributed by atoms with Gasteiger partial charge in [0.1, 0.15) is 11.0 Å². The van der Waals surface area contributed by atoms with Gasteiger partial charge in [-0.3, -0.25) is 0 Å². The van der Waals surface area contributed by atoms with Crippen molar-refractivity contribution in [3.63, 3.8) is 0 Å². The van der Waals surface area contributed by atoms with Gasteiger partial charge in [0.2, 0.25) is 0 Å². The molecule has 0 amide bonds. The third kappa shape index (κ3) is 1.53. The molecule has 0 saturated carbocycles. The summed E-state index contributed by atoms with van der Waals surface area (Å²) < 4.78 is 2.06.